The van der Waals surface area contributed by atoms with Gasteiger partial charge >= 0.3 is 0 Å². The average molecular weight is 276 g/mol. The second kappa shape index (κ2) is 5.92. The lowest BCUT2D eigenvalue weighted by molar-refractivity contribution is -0.858. The molecule has 0 aliphatic rings. The number of carbonyl (C=O) groups excluding carboxylic acids is 1. The first kappa shape index (κ1) is 12.3. The predicted molar refractivity (Wildman–Crippen MR) is 61.0 cm³/mol. The fraction of sp³-hybridized carbons (Fsp3) is 0.500. The van der Waals surface area contributed by atoms with E-state index >= 15 is 0 Å². The molecule has 1 rings (SSSR count). The number of amides is 1. The van der Waals surface area contributed by atoms with Crippen LogP contribution in [0, 0.1) is 0 Å². The number of quaternary nitrogens is 1. The minimum Gasteiger partial charge on any atom is -0.444 e. The van der Waals surface area contributed by atoms with E-state index in [4.69, 9.17) is 4.42 Å². The fourth-order valence-electron chi connectivity index (χ4n) is 1.17. The van der Waals surface area contributed by atoms with Crippen LogP contribution in [0.5, 0.6) is 0 Å². The summed E-state index contributed by atoms with van der Waals surface area (Å²) in [5.74, 6) is 0.188. The molecule has 1 amide bonds. The van der Waals surface area contributed by atoms with Gasteiger partial charge in [0.05, 0.1) is 20.6 Å². The van der Waals surface area contributed by atoms with Crippen molar-refractivity contribution in [3.8, 4) is 0 Å². The molecule has 2 N–H and O–H groups in total. The lowest BCUT2D eigenvalue weighted by atomic mass is 10.3. The van der Waals surface area contributed by atoms with Crippen molar-refractivity contribution in [2.75, 3.05) is 27.2 Å². The highest BCUT2D eigenvalue weighted by Crippen LogP contribution is 2.13. The Morgan fingerprint density at radius 2 is 2.27 bits per heavy atom. The summed E-state index contributed by atoms with van der Waals surface area (Å²) in [4.78, 5) is 12.8. The van der Waals surface area contributed by atoms with E-state index in [-0.39, 0.29) is 5.91 Å². The molecule has 0 unspecified atom stereocenters. The van der Waals surface area contributed by atoms with Crippen LogP contribution in [0.25, 0.3) is 0 Å². The van der Waals surface area contributed by atoms with E-state index in [0.717, 1.165) is 13.0 Å². The van der Waals surface area contributed by atoms with Crippen LogP contribution >= 0.6 is 15.9 Å². The summed E-state index contributed by atoms with van der Waals surface area (Å²) in [5.41, 5.74) is 0. The van der Waals surface area contributed by atoms with E-state index in [1.165, 1.54) is 4.90 Å². The number of furan rings is 1. The quantitative estimate of drug-likeness (QED) is 0.760. The first-order valence-electron chi connectivity index (χ1n) is 4.92. The van der Waals surface area contributed by atoms with Crippen LogP contribution in [-0.4, -0.2) is 33.1 Å². The summed E-state index contributed by atoms with van der Waals surface area (Å²) in [7, 11) is 4.18. The van der Waals surface area contributed by atoms with E-state index in [1.54, 1.807) is 12.1 Å². The van der Waals surface area contributed by atoms with E-state index in [0.29, 0.717) is 17.0 Å². The minimum absolute atomic E-state index is 0.158. The van der Waals surface area contributed by atoms with Crippen molar-refractivity contribution in [3.63, 3.8) is 0 Å². The predicted octanol–water partition coefficient (Wildman–Crippen LogP) is 0.307. The molecule has 1 heterocycles. The van der Waals surface area contributed by atoms with Gasteiger partial charge < -0.3 is 14.6 Å². The van der Waals surface area contributed by atoms with Gasteiger partial charge in [0.2, 0.25) is 0 Å². The highest BCUT2D eigenvalue weighted by Gasteiger charge is 2.09. The molecule has 1 aromatic rings. The number of hydrogen-bond acceptors (Lipinski definition) is 2. The van der Waals surface area contributed by atoms with Crippen LogP contribution in [0.3, 0.4) is 0 Å². The Bertz CT molecular complexity index is 323. The molecule has 0 radical (unpaired) electrons. The maximum Gasteiger partial charge on any atom is 0.287 e. The molecule has 15 heavy (non-hydrogen) atoms. The van der Waals surface area contributed by atoms with Crippen LogP contribution < -0.4 is 10.2 Å². The van der Waals surface area contributed by atoms with E-state index < -0.39 is 0 Å². The van der Waals surface area contributed by atoms with Crippen molar-refractivity contribution >= 4 is 21.8 Å². The van der Waals surface area contributed by atoms with Crippen molar-refractivity contribution in [1.82, 2.24) is 5.32 Å². The largest absolute Gasteiger partial charge is 0.444 e. The number of hydrogen-bond donors (Lipinski definition) is 2. The molecular weight excluding hydrogens is 260 g/mol. The van der Waals surface area contributed by atoms with Gasteiger partial charge in [-0.15, -0.1) is 0 Å². The highest BCUT2D eigenvalue weighted by molar-refractivity contribution is 9.10. The Morgan fingerprint density at radius 1 is 1.53 bits per heavy atom. The van der Waals surface area contributed by atoms with Crippen LogP contribution in [0.1, 0.15) is 17.0 Å². The summed E-state index contributed by atoms with van der Waals surface area (Å²) in [6.45, 7) is 1.73. The summed E-state index contributed by atoms with van der Waals surface area (Å²) in [6.07, 6.45) is 0.968. The Labute approximate surface area is 97.8 Å². The molecule has 4 nitrogen and oxygen atoms in total. The molecule has 0 atom stereocenters. The first-order valence-corrected chi connectivity index (χ1v) is 5.71. The van der Waals surface area contributed by atoms with E-state index in [2.05, 4.69) is 35.3 Å². The highest BCUT2D eigenvalue weighted by atomic mass is 79.9. The maximum atomic E-state index is 11.5. The van der Waals surface area contributed by atoms with Crippen LogP contribution in [0.4, 0.5) is 0 Å². The number of halogens is 1. The Kier molecular flexibility index (Phi) is 4.84. The summed E-state index contributed by atoms with van der Waals surface area (Å²) >= 11 is 3.15. The third kappa shape index (κ3) is 4.48. The zero-order valence-corrected chi connectivity index (χ0v) is 10.6. The molecule has 0 aromatic carbocycles. The molecule has 0 fully saturated rings. The second-order valence-corrected chi connectivity index (χ2v) is 4.45. The van der Waals surface area contributed by atoms with Gasteiger partial charge in [0.25, 0.3) is 5.91 Å². The van der Waals surface area contributed by atoms with Gasteiger partial charge in [0.1, 0.15) is 0 Å². The fourth-order valence-corrected chi connectivity index (χ4v) is 1.47. The van der Waals surface area contributed by atoms with Crippen molar-refractivity contribution in [3.05, 3.63) is 22.6 Å². The molecule has 5 heteroatoms. The molecule has 0 aliphatic heterocycles. The van der Waals surface area contributed by atoms with Crippen LogP contribution in [0.2, 0.25) is 0 Å². The minimum atomic E-state index is -0.158. The van der Waals surface area contributed by atoms with Gasteiger partial charge in [-0.1, -0.05) is 0 Å². The lowest BCUT2D eigenvalue weighted by Gasteiger charge is -2.06. The Morgan fingerprint density at radius 3 is 2.80 bits per heavy atom. The summed E-state index contributed by atoms with van der Waals surface area (Å²) in [6, 6.07) is 3.36. The molecular formula is C10H16BrN2O2+. The Hall–Kier alpha value is -0.810. The summed E-state index contributed by atoms with van der Waals surface area (Å²) in [5, 5.41) is 2.80. The third-order valence-corrected chi connectivity index (χ3v) is 2.36. The van der Waals surface area contributed by atoms with Gasteiger partial charge in [-0.2, -0.15) is 0 Å². The molecule has 1 aromatic heterocycles. The monoisotopic (exact) mass is 275 g/mol. The zero-order chi connectivity index (χ0) is 11.3. The first-order chi connectivity index (χ1) is 7.09. The zero-order valence-electron chi connectivity index (χ0n) is 8.97. The molecule has 0 saturated heterocycles. The smallest absolute Gasteiger partial charge is 0.287 e. The standard InChI is InChI=1S/C10H15BrN2O2/c1-13(2)7-3-6-12-10(14)8-4-5-9(11)15-8/h4-5H,3,6-7H2,1-2H3,(H,12,14)/p+1. The van der Waals surface area contributed by atoms with Crippen molar-refractivity contribution < 1.29 is 14.1 Å². The van der Waals surface area contributed by atoms with Gasteiger partial charge in [0, 0.05) is 13.0 Å². The molecule has 84 valence electrons. The third-order valence-electron chi connectivity index (χ3n) is 1.94. The number of carbonyl (C=O) groups is 1. The van der Waals surface area contributed by atoms with Crippen molar-refractivity contribution in [1.29, 1.82) is 0 Å². The lowest BCUT2D eigenvalue weighted by Crippen LogP contribution is -3.05. The van der Waals surface area contributed by atoms with Crippen LogP contribution in [-0.2, 0) is 0 Å². The molecule has 0 bridgehead atoms. The number of nitrogens with one attached hydrogen (secondary N) is 2. The van der Waals surface area contributed by atoms with Crippen molar-refractivity contribution in [2.24, 2.45) is 0 Å². The van der Waals surface area contributed by atoms with Crippen LogP contribution in [0.15, 0.2) is 21.2 Å². The average Bonchev–Trinajstić information content (AvgIpc) is 2.59. The Balaban J connectivity index is 2.25. The maximum absolute atomic E-state index is 11.5. The SMILES string of the molecule is C[NH+](C)CCCNC(=O)c1ccc(Br)o1. The molecule has 0 aliphatic carbocycles. The van der Waals surface area contributed by atoms with Gasteiger partial charge in [0.15, 0.2) is 10.4 Å². The van der Waals surface area contributed by atoms with Crippen molar-refractivity contribution in [2.45, 2.75) is 6.42 Å². The number of rotatable bonds is 5. The van der Waals surface area contributed by atoms with Gasteiger partial charge in [-0.05, 0) is 28.1 Å². The topological polar surface area (TPSA) is 46.7 Å². The second-order valence-electron chi connectivity index (χ2n) is 3.67. The molecule has 0 saturated carbocycles. The normalized spacial score (nSPS) is 10.7. The van der Waals surface area contributed by atoms with Gasteiger partial charge in [-0.3, -0.25) is 4.79 Å². The molecule has 0 spiro atoms. The van der Waals surface area contributed by atoms with Gasteiger partial charge in [-0.25, -0.2) is 0 Å². The van der Waals surface area contributed by atoms with E-state index in [1.807, 2.05) is 0 Å². The van der Waals surface area contributed by atoms with E-state index in [9.17, 15) is 4.79 Å². The summed E-state index contributed by atoms with van der Waals surface area (Å²) < 4.78 is 5.70.